The van der Waals surface area contributed by atoms with Crippen LogP contribution in [0.4, 0.5) is 0 Å². The number of para-hydroxylation sites is 2. The van der Waals surface area contributed by atoms with E-state index in [0.29, 0.717) is 12.3 Å². The van der Waals surface area contributed by atoms with Crippen LogP contribution >= 0.6 is 0 Å². The molecule has 134 valence electrons. The first-order chi connectivity index (χ1) is 11.8. The van der Waals surface area contributed by atoms with Crippen molar-refractivity contribution in [1.82, 2.24) is 14.9 Å². The van der Waals surface area contributed by atoms with Gasteiger partial charge in [-0.1, -0.05) is 26.0 Å². The van der Waals surface area contributed by atoms with Crippen LogP contribution in [0, 0.1) is 11.3 Å². The normalized spacial score (nSPS) is 16.4. The van der Waals surface area contributed by atoms with E-state index in [4.69, 9.17) is 0 Å². The molecule has 2 heterocycles. The van der Waals surface area contributed by atoms with Crippen molar-refractivity contribution in [2.75, 3.05) is 13.1 Å². The monoisotopic (exact) mass is 341 g/mol. The number of H-pyrrole nitrogens is 1. The average molecular weight is 341 g/mol. The zero-order chi connectivity index (χ0) is 18.0. The number of hydrogen-bond acceptors (Lipinski definition) is 3. The van der Waals surface area contributed by atoms with Gasteiger partial charge >= 0.3 is 0 Å². The lowest BCUT2D eigenvalue weighted by atomic mass is 9.84. The molecule has 1 aromatic carbocycles. The fourth-order valence-electron chi connectivity index (χ4n) is 3.84. The Morgan fingerprint density at radius 3 is 2.56 bits per heavy atom. The summed E-state index contributed by atoms with van der Waals surface area (Å²) in [4.78, 5) is 34.1. The minimum Gasteiger partial charge on any atom is -0.342 e. The summed E-state index contributed by atoms with van der Waals surface area (Å²) in [7, 11) is 0. The molecule has 0 unspecified atom stereocenters. The predicted molar refractivity (Wildman–Crippen MR) is 98.2 cm³/mol. The molecule has 5 nitrogen and oxygen atoms in total. The number of likely N-dealkylation sites (tertiary alicyclic amines) is 1. The van der Waals surface area contributed by atoms with E-state index < -0.39 is 5.41 Å². The largest absolute Gasteiger partial charge is 0.342 e. The van der Waals surface area contributed by atoms with Gasteiger partial charge in [-0.15, -0.1) is 0 Å². The molecule has 0 bridgehead atoms. The molecule has 1 aliphatic rings. The third kappa shape index (κ3) is 4.09. The molecule has 1 saturated heterocycles. The van der Waals surface area contributed by atoms with Crippen LogP contribution in [0.1, 0.15) is 45.9 Å². The van der Waals surface area contributed by atoms with Crippen LogP contribution in [-0.2, 0) is 16.0 Å². The number of piperidine rings is 1. The number of aromatic nitrogens is 2. The lowest BCUT2D eigenvalue weighted by Gasteiger charge is -2.36. The Morgan fingerprint density at radius 1 is 1.24 bits per heavy atom. The van der Waals surface area contributed by atoms with Gasteiger partial charge in [0.2, 0.25) is 5.91 Å². The summed E-state index contributed by atoms with van der Waals surface area (Å²) in [5.74, 6) is 1.74. The molecule has 0 saturated carbocycles. The Kier molecular flexibility index (Phi) is 4.93. The molecule has 0 radical (unpaired) electrons. The van der Waals surface area contributed by atoms with Crippen LogP contribution in [0.2, 0.25) is 0 Å². The zero-order valence-electron chi connectivity index (χ0n) is 15.3. The van der Waals surface area contributed by atoms with Gasteiger partial charge in [0.15, 0.2) is 0 Å². The van der Waals surface area contributed by atoms with Gasteiger partial charge in [0.25, 0.3) is 0 Å². The maximum absolute atomic E-state index is 12.7. The van der Waals surface area contributed by atoms with Gasteiger partial charge in [-0.3, -0.25) is 9.59 Å². The number of nitrogens with one attached hydrogen (secondary N) is 1. The fraction of sp³-hybridized carbons (Fsp3) is 0.550. The summed E-state index contributed by atoms with van der Waals surface area (Å²) in [5.41, 5.74) is 1.49. The zero-order valence-corrected chi connectivity index (χ0v) is 15.3. The lowest BCUT2D eigenvalue weighted by Crippen LogP contribution is -2.46. The second-order valence-electron chi connectivity index (χ2n) is 7.90. The van der Waals surface area contributed by atoms with E-state index in [1.807, 2.05) is 43.0 Å². The van der Waals surface area contributed by atoms with Crippen LogP contribution in [0.3, 0.4) is 0 Å². The first-order valence-corrected chi connectivity index (χ1v) is 9.07. The van der Waals surface area contributed by atoms with E-state index in [9.17, 15) is 9.59 Å². The first-order valence-electron chi connectivity index (χ1n) is 9.07. The maximum atomic E-state index is 12.7. The highest BCUT2D eigenvalue weighted by Crippen LogP contribution is 2.28. The Labute approximate surface area is 148 Å². The summed E-state index contributed by atoms with van der Waals surface area (Å²) in [6, 6.07) is 8.08. The van der Waals surface area contributed by atoms with Crippen LogP contribution < -0.4 is 0 Å². The maximum Gasteiger partial charge on any atom is 0.228 e. The van der Waals surface area contributed by atoms with E-state index in [0.717, 1.165) is 49.2 Å². The van der Waals surface area contributed by atoms with Gasteiger partial charge in [-0.2, -0.15) is 0 Å². The molecule has 5 heteroatoms. The third-order valence-corrected chi connectivity index (χ3v) is 5.09. The first kappa shape index (κ1) is 17.6. The van der Waals surface area contributed by atoms with Crippen LogP contribution in [0.5, 0.6) is 0 Å². The summed E-state index contributed by atoms with van der Waals surface area (Å²) in [5, 5.41) is 0. The predicted octanol–water partition coefficient (Wildman–Crippen LogP) is 3.35. The molecule has 25 heavy (non-hydrogen) atoms. The Hall–Kier alpha value is -2.17. The number of carbonyl (C=O) groups is 2. The molecular formula is C20H27N3O2. The number of benzene rings is 1. The third-order valence-electron chi connectivity index (χ3n) is 5.09. The number of ketones is 1. The van der Waals surface area contributed by atoms with Crippen molar-refractivity contribution in [3.8, 4) is 0 Å². The summed E-state index contributed by atoms with van der Waals surface area (Å²) >= 11 is 0. The molecule has 1 aromatic heterocycles. The van der Waals surface area contributed by atoms with E-state index in [2.05, 4.69) is 9.97 Å². The van der Waals surface area contributed by atoms with Crippen molar-refractivity contribution in [2.24, 2.45) is 11.3 Å². The van der Waals surface area contributed by atoms with E-state index >= 15 is 0 Å². The Balaban J connectivity index is 1.56. The number of nitrogens with zero attached hydrogens (tertiary/aromatic N) is 2. The number of amides is 1. The molecule has 2 aromatic rings. The van der Waals surface area contributed by atoms with Gasteiger partial charge in [0, 0.05) is 25.9 Å². The van der Waals surface area contributed by atoms with Crippen molar-refractivity contribution in [3.63, 3.8) is 0 Å². The second kappa shape index (κ2) is 6.98. The Morgan fingerprint density at radius 2 is 1.92 bits per heavy atom. The number of aromatic amines is 1. The van der Waals surface area contributed by atoms with Crippen molar-refractivity contribution < 1.29 is 9.59 Å². The highest BCUT2D eigenvalue weighted by Gasteiger charge is 2.35. The van der Waals surface area contributed by atoms with Gasteiger partial charge in [-0.05, 0) is 37.8 Å². The van der Waals surface area contributed by atoms with Gasteiger partial charge < -0.3 is 9.88 Å². The van der Waals surface area contributed by atoms with E-state index in [-0.39, 0.29) is 11.7 Å². The molecular weight excluding hydrogens is 314 g/mol. The number of fused-ring (bicyclic) bond motifs is 1. The highest BCUT2D eigenvalue weighted by atomic mass is 16.2. The van der Waals surface area contributed by atoms with Gasteiger partial charge in [-0.25, -0.2) is 4.98 Å². The number of hydrogen-bond donors (Lipinski definition) is 1. The van der Waals surface area contributed by atoms with Crippen molar-refractivity contribution in [1.29, 1.82) is 0 Å². The van der Waals surface area contributed by atoms with Gasteiger partial charge in [0.05, 0.1) is 16.4 Å². The quantitative estimate of drug-likeness (QED) is 0.907. The van der Waals surface area contributed by atoms with E-state index in [1.54, 1.807) is 6.92 Å². The standard InChI is InChI=1S/C20H27N3O2/c1-14(24)13-20(2,3)19(25)23-10-8-15(9-11-23)12-18-21-16-6-4-5-7-17(16)22-18/h4-7,15H,8-13H2,1-3H3,(H,21,22). The number of carbonyl (C=O) groups excluding carboxylic acids is 2. The summed E-state index contributed by atoms with van der Waals surface area (Å²) in [6.45, 7) is 6.83. The molecule has 1 N–H and O–H groups in total. The smallest absolute Gasteiger partial charge is 0.228 e. The topological polar surface area (TPSA) is 66.1 Å². The molecule has 1 fully saturated rings. The van der Waals surface area contributed by atoms with Crippen molar-refractivity contribution in [2.45, 2.75) is 46.5 Å². The van der Waals surface area contributed by atoms with E-state index in [1.165, 1.54) is 0 Å². The SMILES string of the molecule is CC(=O)CC(C)(C)C(=O)N1CCC(Cc2nc3ccccc3[nH]2)CC1. The Bertz CT molecular complexity index is 737. The average Bonchev–Trinajstić information content (AvgIpc) is 2.96. The molecule has 0 spiro atoms. The highest BCUT2D eigenvalue weighted by molar-refractivity contribution is 5.88. The van der Waals surface area contributed by atoms with Gasteiger partial charge in [0.1, 0.15) is 11.6 Å². The van der Waals surface area contributed by atoms with Crippen LogP contribution in [0.15, 0.2) is 24.3 Å². The van der Waals surface area contributed by atoms with Crippen LogP contribution in [0.25, 0.3) is 11.0 Å². The second-order valence-corrected chi connectivity index (χ2v) is 7.90. The van der Waals surface area contributed by atoms with Crippen molar-refractivity contribution >= 4 is 22.7 Å². The minimum absolute atomic E-state index is 0.0677. The fourth-order valence-corrected chi connectivity index (χ4v) is 3.84. The molecule has 0 aliphatic carbocycles. The molecule has 1 aliphatic heterocycles. The molecule has 0 atom stereocenters. The summed E-state index contributed by atoms with van der Waals surface area (Å²) < 4.78 is 0. The van der Waals surface area contributed by atoms with Crippen LogP contribution in [-0.4, -0.2) is 39.6 Å². The minimum atomic E-state index is -0.600. The molecule has 1 amide bonds. The van der Waals surface area contributed by atoms with Crippen molar-refractivity contribution in [3.05, 3.63) is 30.1 Å². The number of Topliss-reactive ketones (excluding diaryl/α,β-unsaturated/α-hetero) is 1. The molecule has 3 rings (SSSR count). The summed E-state index contributed by atoms with van der Waals surface area (Å²) in [6.07, 6.45) is 3.20. The lowest BCUT2D eigenvalue weighted by molar-refractivity contribution is -0.144. The number of imidazole rings is 1. The number of rotatable bonds is 5.